The molecule has 0 aliphatic heterocycles. The molecule has 0 saturated heterocycles. The Morgan fingerprint density at radius 1 is 0.432 bits per heavy atom. The van der Waals surface area contributed by atoms with E-state index < -0.39 is 60.4 Å². The number of hydrogen-bond acceptors (Lipinski definition) is 5. The molecule has 0 aliphatic rings. The van der Waals surface area contributed by atoms with Gasteiger partial charge in [0.1, 0.15) is 22.3 Å². The van der Waals surface area contributed by atoms with Crippen molar-refractivity contribution >= 4 is 43.9 Å². The lowest BCUT2D eigenvalue weighted by atomic mass is 10.00. The van der Waals surface area contributed by atoms with Crippen molar-refractivity contribution in [2.24, 2.45) is 0 Å². The summed E-state index contributed by atoms with van der Waals surface area (Å²) in [7, 11) is 0. The van der Waals surface area contributed by atoms with Crippen molar-refractivity contribution in [2.75, 3.05) is 0 Å². The van der Waals surface area contributed by atoms with Gasteiger partial charge in [0, 0.05) is 43.8 Å². The van der Waals surface area contributed by atoms with Crippen LogP contribution >= 0.6 is 0 Å². The van der Waals surface area contributed by atoms with Gasteiger partial charge in [0.2, 0.25) is 0 Å². The van der Waals surface area contributed by atoms with Gasteiger partial charge in [0.25, 0.3) is 0 Å². The molecule has 0 amide bonds. The molecule has 3 heterocycles. The van der Waals surface area contributed by atoms with Crippen LogP contribution in [-0.4, -0.2) is 15.0 Å². The van der Waals surface area contributed by atoms with Gasteiger partial charge >= 0.3 is 0 Å². The van der Waals surface area contributed by atoms with Gasteiger partial charge in [-0.15, -0.1) is 0 Å². The molecular weight excluding hydrogens is 542 g/mol. The molecule has 0 aliphatic carbocycles. The largest absolute Gasteiger partial charge is 0.456 e. The first kappa shape index (κ1) is 16.5. The molecule has 0 unspecified atom stereocenters. The first-order valence-corrected chi connectivity index (χ1v) is 13.7. The maximum atomic E-state index is 8.57. The zero-order valence-electron chi connectivity index (χ0n) is 32.7. The van der Waals surface area contributed by atoms with Crippen LogP contribution in [0.15, 0.2) is 148 Å². The molecule has 206 valence electrons. The molecule has 0 fully saturated rings. The smallest absolute Gasteiger partial charge is 0.164 e. The van der Waals surface area contributed by atoms with Gasteiger partial charge in [0.05, 0.1) is 13.7 Å². The summed E-state index contributed by atoms with van der Waals surface area (Å²) in [6, 6.07) is 19.0. The number of aromatic nitrogens is 3. The van der Waals surface area contributed by atoms with E-state index in [0.29, 0.717) is 16.7 Å². The SMILES string of the molecule is [2H]c1c([2H])c([2H])c(-c2nc(-c3ccc4c(c3)oc3ccc(-c5cccc6c5oc5ccccc56)cc34)nc(-c3c([2H])c([2H])c([2H])c([2H])c3[2H])n2)c([2H])c1[2H]. The van der Waals surface area contributed by atoms with Gasteiger partial charge in [-0.3, -0.25) is 0 Å². The van der Waals surface area contributed by atoms with Gasteiger partial charge in [-0.25, -0.2) is 15.0 Å². The van der Waals surface area contributed by atoms with E-state index in [9.17, 15) is 0 Å². The normalized spacial score (nSPS) is 14.8. The minimum Gasteiger partial charge on any atom is -0.456 e. The molecule has 3 aromatic heterocycles. The zero-order chi connectivity index (χ0) is 37.7. The third-order valence-corrected chi connectivity index (χ3v) is 7.53. The molecular formula is C39H23N3O2. The number of rotatable bonds is 4. The summed E-state index contributed by atoms with van der Waals surface area (Å²) in [4.78, 5) is 13.4. The van der Waals surface area contributed by atoms with Crippen LogP contribution in [0.4, 0.5) is 0 Å². The summed E-state index contributed by atoms with van der Waals surface area (Å²) in [5.74, 6) is -0.728. The van der Waals surface area contributed by atoms with Crippen molar-refractivity contribution in [1.82, 2.24) is 15.0 Å². The predicted molar refractivity (Wildman–Crippen MR) is 176 cm³/mol. The Hall–Kier alpha value is -6.07. The highest BCUT2D eigenvalue weighted by Crippen LogP contribution is 2.39. The summed E-state index contributed by atoms with van der Waals surface area (Å²) in [5.41, 5.74) is 4.18. The number of nitrogens with zero attached hydrogens (tertiary/aromatic N) is 3. The summed E-state index contributed by atoms with van der Waals surface area (Å²) < 4.78 is 95.8. The van der Waals surface area contributed by atoms with Crippen LogP contribution in [0.2, 0.25) is 0 Å². The molecule has 9 rings (SSSR count). The Balaban J connectivity index is 1.23. The average molecular weight is 576 g/mol. The summed E-state index contributed by atoms with van der Waals surface area (Å²) in [5, 5.41) is 3.64. The molecule has 0 spiro atoms. The van der Waals surface area contributed by atoms with E-state index in [-0.39, 0.29) is 28.6 Å². The minimum atomic E-state index is -0.614. The molecule has 44 heavy (non-hydrogen) atoms. The van der Waals surface area contributed by atoms with Gasteiger partial charge in [-0.05, 0) is 35.9 Å². The van der Waals surface area contributed by atoms with Crippen LogP contribution in [0.5, 0.6) is 0 Å². The topological polar surface area (TPSA) is 65.0 Å². The average Bonchev–Trinajstić information content (AvgIpc) is 3.75. The Morgan fingerprint density at radius 2 is 1.05 bits per heavy atom. The lowest BCUT2D eigenvalue weighted by molar-refractivity contribution is 0.668. The Morgan fingerprint density at radius 3 is 1.80 bits per heavy atom. The van der Waals surface area contributed by atoms with Crippen molar-refractivity contribution in [3.8, 4) is 45.3 Å². The second-order valence-electron chi connectivity index (χ2n) is 10.1. The molecule has 0 saturated carbocycles. The summed E-state index contributed by atoms with van der Waals surface area (Å²) in [6.45, 7) is 0. The van der Waals surface area contributed by atoms with E-state index in [1.54, 1.807) is 12.1 Å². The molecule has 9 aromatic rings. The molecule has 0 bridgehead atoms. The molecule has 0 radical (unpaired) electrons. The second kappa shape index (κ2) is 9.75. The lowest BCUT2D eigenvalue weighted by Gasteiger charge is -2.08. The van der Waals surface area contributed by atoms with E-state index >= 15 is 0 Å². The fourth-order valence-electron chi connectivity index (χ4n) is 5.51. The highest BCUT2D eigenvalue weighted by atomic mass is 16.3. The van der Waals surface area contributed by atoms with Crippen molar-refractivity contribution in [3.63, 3.8) is 0 Å². The van der Waals surface area contributed by atoms with Crippen molar-refractivity contribution in [3.05, 3.63) is 139 Å². The van der Waals surface area contributed by atoms with E-state index in [1.807, 2.05) is 66.7 Å². The van der Waals surface area contributed by atoms with Crippen LogP contribution in [-0.2, 0) is 0 Å². The highest BCUT2D eigenvalue weighted by Gasteiger charge is 2.16. The molecule has 0 atom stereocenters. The van der Waals surface area contributed by atoms with Crippen LogP contribution in [0.1, 0.15) is 13.7 Å². The van der Waals surface area contributed by atoms with E-state index in [0.717, 1.165) is 43.8 Å². The Bertz CT molecular complexity index is 2940. The number of benzene rings is 6. The highest BCUT2D eigenvalue weighted by molar-refractivity contribution is 6.11. The van der Waals surface area contributed by atoms with E-state index in [1.165, 1.54) is 0 Å². The van der Waals surface area contributed by atoms with Crippen molar-refractivity contribution in [2.45, 2.75) is 0 Å². The quantitative estimate of drug-likeness (QED) is 0.209. The maximum absolute atomic E-state index is 8.57. The van der Waals surface area contributed by atoms with Crippen LogP contribution in [0.3, 0.4) is 0 Å². The van der Waals surface area contributed by atoms with Crippen LogP contribution < -0.4 is 0 Å². The standard InChI is InChI=1S/C39H23N3O2/c1-3-10-24(11-4-1)37-40-38(25-12-5-2-6-13-25)42-39(41-37)27-18-20-30-32-22-26(19-21-34(32)43-35(30)23-27)28-15-9-16-31-29-14-7-8-17-33(29)44-36(28)31/h1-23H/i1D,2D,3D,4D,5D,6D,10D,11D,12D,13D. The molecule has 6 aromatic carbocycles. The summed E-state index contributed by atoms with van der Waals surface area (Å²) in [6.07, 6.45) is 0. The molecule has 5 heteroatoms. The third-order valence-electron chi connectivity index (χ3n) is 7.53. The van der Waals surface area contributed by atoms with E-state index in [2.05, 4.69) is 15.0 Å². The minimum absolute atomic E-state index is 0.0479. The number of para-hydroxylation sites is 2. The Labute approximate surface area is 266 Å². The van der Waals surface area contributed by atoms with Gasteiger partial charge in [-0.2, -0.15) is 0 Å². The molecule has 5 nitrogen and oxygen atoms in total. The number of furan rings is 2. The number of fused-ring (bicyclic) bond motifs is 6. The Kier molecular flexibility index (Phi) is 3.66. The van der Waals surface area contributed by atoms with Crippen molar-refractivity contribution < 1.29 is 22.5 Å². The first-order valence-electron chi connectivity index (χ1n) is 18.7. The lowest BCUT2D eigenvalue weighted by Crippen LogP contribution is -2.00. The van der Waals surface area contributed by atoms with Crippen LogP contribution in [0, 0.1) is 0 Å². The van der Waals surface area contributed by atoms with Gasteiger partial charge in [-0.1, -0.05) is 109 Å². The number of hydrogen-bond donors (Lipinski definition) is 0. The first-order chi connectivity index (χ1) is 25.9. The van der Waals surface area contributed by atoms with Crippen LogP contribution in [0.25, 0.3) is 89.2 Å². The summed E-state index contributed by atoms with van der Waals surface area (Å²) >= 11 is 0. The monoisotopic (exact) mass is 575 g/mol. The fourth-order valence-corrected chi connectivity index (χ4v) is 5.51. The van der Waals surface area contributed by atoms with Gasteiger partial charge in [0.15, 0.2) is 17.5 Å². The van der Waals surface area contributed by atoms with E-state index in [4.69, 9.17) is 22.5 Å². The second-order valence-corrected chi connectivity index (χ2v) is 10.1. The maximum Gasteiger partial charge on any atom is 0.164 e. The molecule has 0 N–H and O–H groups in total. The predicted octanol–water partition coefficient (Wildman–Crippen LogP) is 10.3. The zero-order valence-corrected chi connectivity index (χ0v) is 22.7. The fraction of sp³-hybridized carbons (Fsp3) is 0. The third kappa shape index (κ3) is 3.98. The van der Waals surface area contributed by atoms with Crippen molar-refractivity contribution in [1.29, 1.82) is 0 Å². The van der Waals surface area contributed by atoms with Gasteiger partial charge < -0.3 is 8.83 Å².